The Morgan fingerprint density at radius 2 is 1.56 bits per heavy atom. The average Bonchev–Trinajstić information content (AvgIpc) is 2.51. The average molecular weight is 423 g/mol. The molecule has 2 nitrogen and oxygen atoms in total. The number of hydrogen-bond acceptors (Lipinski definition) is 2. The summed E-state index contributed by atoms with van der Waals surface area (Å²) in [5.41, 5.74) is -3.87. The van der Waals surface area contributed by atoms with E-state index >= 15 is 0 Å². The molecule has 0 radical (unpaired) electrons. The summed E-state index contributed by atoms with van der Waals surface area (Å²) in [4.78, 5) is 1.71. The fourth-order valence-electron chi connectivity index (χ4n) is 3.24. The molecule has 0 bridgehead atoms. The predicted octanol–water partition coefficient (Wildman–Crippen LogP) is 5.28. The van der Waals surface area contributed by atoms with E-state index in [0.29, 0.717) is 26.2 Å². The van der Waals surface area contributed by atoms with E-state index in [0.717, 1.165) is 0 Å². The second-order valence-electron chi connectivity index (χ2n) is 6.85. The first kappa shape index (κ1) is 24.0. The summed E-state index contributed by atoms with van der Waals surface area (Å²) in [7, 11) is 0. The van der Waals surface area contributed by atoms with Gasteiger partial charge in [-0.1, -0.05) is 13.8 Å². The smallest absolute Gasteiger partial charge is 0.314 e. The second kappa shape index (κ2) is 8.96. The lowest BCUT2D eigenvalue weighted by atomic mass is 9.89. The summed E-state index contributed by atoms with van der Waals surface area (Å²) in [5.74, 6) is -1.52. The van der Waals surface area contributed by atoms with Crippen LogP contribution in [0.2, 0.25) is 0 Å². The van der Waals surface area contributed by atoms with Gasteiger partial charge in [-0.2, -0.15) is 26.3 Å². The molecule has 1 aliphatic rings. The van der Waals surface area contributed by atoms with Crippen LogP contribution >= 0.6 is 12.4 Å². The van der Waals surface area contributed by atoms with Gasteiger partial charge in [-0.25, -0.2) is 4.39 Å². The van der Waals surface area contributed by atoms with E-state index in [1.165, 1.54) is 0 Å². The highest BCUT2D eigenvalue weighted by molar-refractivity contribution is 5.85. The van der Waals surface area contributed by atoms with E-state index in [2.05, 4.69) is 5.32 Å². The molecule has 0 saturated carbocycles. The van der Waals surface area contributed by atoms with Crippen molar-refractivity contribution in [3.8, 4) is 0 Å². The molecule has 10 heteroatoms. The Morgan fingerprint density at radius 3 is 2.00 bits per heavy atom. The van der Waals surface area contributed by atoms with Gasteiger partial charge in [-0.05, 0) is 24.5 Å². The standard InChI is InChI=1S/C17H21F7N2.ClH/c1-10(2)7-14(26-5-3-25-4-6-26)15-12(17(22,23)24)8-11(9-13(15)18)16(19,20)21;/h8-10,14,25H,3-7H2,1-2H3;1H/t14-;/m0./s1. The maximum Gasteiger partial charge on any atom is 0.416 e. The molecule has 1 atom stereocenters. The summed E-state index contributed by atoms with van der Waals surface area (Å²) < 4.78 is 93.7. The van der Waals surface area contributed by atoms with Crippen LogP contribution in [-0.4, -0.2) is 31.1 Å². The molecule has 27 heavy (non-hydrogen) atoms. The van der Waals surface area contributed by atoms with E-state index in [1.807, 2.05) is 0 Å². The largest absolute Gasteiger partial charge is 0.416 e. The monoisotopic (exact) mass is 422 g/mol. The van der Waals surface area contributed by atoms with Crippen LogP contribution in [0.5, 0.6) is 0 Å². The molecule has 0 unspecified atom stereocenters. The minimum absolute atomic E-state index is 0. The first-order valence-electron chi connectivity index (χ1n) is 8.34. The van der Waals surface area contributed by atoms with Crippen molar-refractivity contribution in [2.45, 2.75) is 38.7 Å². The summed E-state index contributed by atoms with van der Waals surface area (Å²) in [6, 6.07) is -0.746. The first-order valence-corrected chi connectivity index (χ1v) is 8.34. The molecule has 156 valence electrons. The van der Waals surface area contributed by atoms with Crippen molar-refractivity contribution in [3.63, 3.8) is 0 Å². The Bertz CT molecular complexity index is 623. The van der Waals surface area contributed by atoms with Crippen LogP contribution in [0.3, 0.4) is 0 Å². The quantitative estimate of drug-likeness (QED) is 0.664. The summed E-state index contributed by atoms with van der Waals surface area (Å²) in [6.07, 6.45) is -9.92. The molecule has 1 aromatic rings. The summed E-state index contributed by atoms with van der Waals surface area (Å²) in [5, 5.41) is 3.06. The third-order valence-electron chi connectivity index (χ3n) is 4.38. The van der Waals surface area contributed by atoms with E-state index < -0.39 is 40.9 Å². The Hall–Kier alpha value is -1.06. The third kappa shape index (κ3) is 5.96. The van der Waals surface area contributed by atoms with E-state index in [4.69, 9.17) is 0 Å². The SMILES string of the molecule is CC(C)C[C@@H](c1c(F)cc(C(F)(F)F)cc1C(F)(F)F)N1CCNCC1.Cl. The van der Waals surface area contributed by atoms with Gasteiger partial charge in [0.1, 0.15) is 5.82 Å². The molecular formula is C17H22ClF7N2. The van der Waals surface area contributed by atoms with Gasteiger partial charge in [0.15, 0.2) is 0 Å². The maximum absolute atomic E-state index is 14.6. The number of piperazine rings is 1. The van der Waals surface area contributed by atoms with Crippen molar-refractivity contribution in [1.29, 1.82) is 0 Å². The predicted molar refractivity (Wildman–Crippen MR) is 90.3 cm³/mol. The van der Waals surface area contributed by atoms with Crippen LogP contribution < -0.4 is 5.32 Å². The zero-order valence-corrected chi connectivity index (χ0v) is 15.7. The number of benzene rings is 1. The Balaban J connectivity index is 0.00000364. The molecule has 1 aliphatic heterocycles. The number of nitrogens with zero attached hydrogens (tertiary/aromatic N) is 1. The molecule has 1 fully saturated rings. The van der Waals surface area contributed by atoms with Crippen molar-refractivity contribution in [2.24, 2.45) is 5.92 Å². The second-order valence-corrected chi connectivity index (χ2v) is 6.85. The van der Waals surface area contributed by atoms with Gasteiger partial charge in [-0.15, -0.1) is 12.4 Å². The van der Waals surface area contributed by atoms with E-state index in [9.17, 15) is 30.7 Å². The maximum atomic E-state index is 14.6. The van der Waals surface area contributed by atoms with Crippen molar-refractivity contribution >= 4 is 12.4 Å². The van der Waals surface area contributed by atoms with Gasteiger partial charge >= 0.3 is 12.4 Å². The number of halogens is 8. The van der Waals surface area contributed by atoms with Gasteiger partial charge in [0.25, 0.3) is 0 Å². The molecule has 0 aromatic heterocycles. The van der Waals surface area contributed by atoms with Crippen molar-refractivity contribution in [1.82, 2.24) is 10.2 Å². The first-order chi connectivity index (χ1) is 11.9. The molecular weight excluding hydrogens is 401 g/mol. The van der Waals surface area contributed by atoms with E-state index in [-0.39, 0.29) is 36.9 Å². The molecule has 1 saturated heterocycles. The number of alkyl halides is 6. The van der Waals surface area contributed by atoms with Gasteiger partial charge in [0.05, 0.1) is 11.1 Å². The molecule has 1 heterocycles. The fraction of sp³-hybridized carbons (Fsp3) is 0.647. The molecule has 2 rings (SSSR count). The molecule has 1 aromatic carbocycles. The Kier molecular flexibility index (Phi) is 7.96. The highest BCUT2D eigenvalue weighted by atomic mass is 35.5. The van der Waals surface area contributed by atoms with Crippen LogP contribution in [-0.2, 0) is 12.4 Å². The zero-order valence-electron chi connectivity index (χ0n) is 14.8. The van der Waals surface area contributed by atoms with Crippen LogP contribution in [0.15, 0.2) is 12.1 Å². The lowest BCUT2D eigenvalue weighted by Crippen LogP contribution is -2.46. The van der Waals surface area contributed by atoms with Crippen LogP contribution in [0.4, 0.5) is 30.7 Å². The molecule has 0 amide bonds. The van der Waals surface area contributed by atoms with Gasteiger partial charge in [0, 0.05) is 37.8 Å². The number of nitrogens with one attached hydrogen (secondary N) is 1. The van der Waals surface area contributed by atoms with Gasteiger partial charge < -0.3 is 5.32 Å². The van der Waals surface area contributed by atoms with E-state index in [1.54, 1.807) is 18.7 Å². The number of rotatable bonds is 4. The minimum Gasteiger partial charge on any atom is -0.314 e. The fourth-order valence-corrected chi connectivity index (χ4v) is 3.24. The minimum atomic E-state index is -5.08. The van der Waals surface area contributed by atoms with Crippen molar-refractivity contribution in [3.05, 3.63) is 34.6 Å². The van der Waals surface area contributed by atoms with Crippen LogP contribution in [0.1, 0.15) is 43.0 Å². The summed E-state index contributed by atoms with van der Waals surface area (Å²) in [6.45, 7) is 5.41. The Morgan fingerprint density at radius 1 is 1.00 bits per heavy atom. The molecule has 1 N–H and O–H groups in total. The number of hydrogen-bond donors (Lipinski definition) is 1. The highest BCUT2D eigenvalue weighted by Crippen LogP contribution is 2.43. The highest BCUT2D eigenvalue weighted by Gasteiger charge is 2.42. The lowest BCUT2D eigenvalue weighted by Gasteiger charge is -2.37. The topological polar surface area (TPSA) is 15.3 Å². The van der Waals surface area contributed by atoms with Gasteiger partial charge in [0.2, 0.25) is 0 Å². The molecule has 0 aliphatic carbocycles. The van der Waals surface area contributed by atoms with Crippen molar-refractivity contribution in [2.75, 3.05) is 26.2 Å². The lowest BCUT2D eigenvalue weighted by molar-refractivity contribution is -0.144. The van der Waals surface area contributed by atoms with Crippen molar-refractivity contribution < 1.29 is 30.7 Å². The van der Waals surface area contributed by atoms with Gasteiger partial charge in [-0.3, -0.25) is 4.90 Å². The zero-order chi connectivity index (χ0) is 19.7. The summed E-state index contributed by atoms with van der Waals surface area (Å²) >= 11 is 0. The Labute approximate surface area is 159 Å². The van der Waals surface area contributed by atoms with Crippen LogP contribution in [0, 0.1) is 11.7 Å². The third-order valence-corrected chi connectivity index (χ3v) is 4.38. The normalized spacial score (nSPS) is 17.7. The molecule has 0 spiro atoms. The van der Waals surface area contributed by atoms with Crippen LogP contribution in [0.25, 0.3) is 0 Å².